The summed E-state index contributed by atoms with van der Waals surface area (Å²) in [5.74, 6) is -2.92. The molecule has 2 aliphatic rings. The number of nitrogens with one attached hydrogen (secondary N) is 2. The molecule has 0 radical (unpaired) electrons. The van der Waals surface area contributed by atoms with Crippen molar-refractivity contribution in [3.05, 3.63) is 22.2 Å². The van der Waals surface area contributed by atoms with Gasteiger partial charge in [-0.3, -0.25) is 19.5 Å². The average Bonchev–Trinajstić information content (AvgIpc) is 3.24. The number of carbonyl (C=O) groups excluding carboxylic acids is 3. The summed E-state index contributed by atoms with van der Waals surface area (Å²) < 4.78 is 49.7. The molecule has 2 unspecified atom stereocenters. The van der Waals surface area contributed by atoms with E-state index in [0.29, 0.717) is 17.5 Å². The maximum atomic E-state index is 14.6. The lowest BCUT2D eigenvalue weighted by molar-refractivity contribution is -0.217. The zero-order chi connectivity index (χ0) is 27.3. The summed E-state index contributed by atoms with van der Waals surface area (Å²) in [6.07, 6.45) is -3.90. The fraction of sp³-hybridized carbons (Fsp3) is 0.565. The number of anilines is 1. The smallest absolute Gasteiger partial charge is 0.440 e. The molecule has 202 valence electrons. The number of alkyl halides is 3. The lowest BCUT2D eigenvalue weighted by Crippen LogP contribution is -2.63. The van der Waals surface area contributed by atoms with Crippen LogP contribution >= 0.6 is 23.2 Å². The van der Waals surface area contributed by atoms with E-state index in [0.717, 1.165) is 18.9 Å². The zero-order valence-electron chi connectivity index (χ0n) is 20.3. The quantitative estimate of drug-likeness (QED) is 0.532. The Kier molecular flexibility index (Phi) is 7.04. The van der Waals surface area contributed by atoms with Gasteiger partial charge in [0.25, 0.3) is 11.6 Å². The molecular weight excluding hydrogens is 538 g/mol. The van der Waals surface area contributed by atoms with Crippen molar-refractivity contribution in [3.63, 3.8) is 0 Å². The number of nitrogens with zero attached hydrogens (tertiary/aromatic N) is 3. The van der Waals surface area contributed by atoms with Gasteiger partial charge in [-0.05, 0) is 58.6 Å². The van der Waals surface area contributed by atoms with Crippen LogP contribution in [0.25, 0.3) is 11.0 Å². The molecule has 3 amide bonds. The Bertz CT molecular complexity index is 1260. The first-order chi connectivity index (χ1) is 17.1. The van der Waals surface area contributed by atoms with Gasteiger partial charge in [0.2, 0.25) is 11.9 Å². The van der Waals surface area contributed by atoms with Crippen LogP contribution in [0.2, 0.25) is 10.0 Å². The lowest BCUT2D eigenvalue weighted by Gasteiger charge is -2.37. The van der Waals surface area contributed by atoms with Crippen molar-refractivity contribution in [1.82, 2.24) is 19.8 Å². The van der Waals surface area contributed by atoms with Crippen molar-refractivity contribution in [2.45, 2.75) is 76.4 Å². The number of benzene rings is 1. The van der Waals surface area contributed by atoms with E-state index in [1.165, 1.54) is 11.0 Å². The molecule has 37 heavy (non-hydrogen) atoms. The standard InChI is InChI=1S/C23H26Cl2F3N5O4/c1-21(2,3)37-20(36)32-9-5-4-6-12(32)7-8-17(34)31-22(23(26,27)28)18(35)30-19-29-15-10-13(24)14(25)11-16(15)33(19)22/h10-12H,4-9H2,1-3H3,(H,31,34)(H,29,30,35). The van der Waals surface area contributed by atoms with Crippen LogP contribution in [0.4, 0.5) is 23.9 Å². The Morgan fingerprint density at radius 1 is 1.22 bits per heavy atom. The van der Waals surface area contributed by atoms with E-state index in [1.807, 2.05) is 5.32 Å². The Hall–Kier alpha value is -2.73. The molecular formula is C23H26Cl2F3N5O4. The minimum atomic E-state index is -5.23. The Balaban J connectivity index is 1.59. The number of rotatable bonds is 4. The Labute approximate surface area is 220 Å². The lowest BCUT2D eigenvalue weighted by atomic mass is 9.98. The number of aromatic nitrogens is 2. The number of likely N-dealkylation sites (tertiary alicyclic amines) is 1. The summed E-state index contributed by atoms with van der Waals surface area (Å²) in [4.78, 5) is 43.8. The van der Waals surface area contributed by atoms with Gasteiger partial charge in [0, 0.05) is 19.0 Å². The highest BCUT2D eigenvalue weighted by atomic mass is 35.5. The van der Waals surface area contributed by atoms with E-state index < -0.39 is 41.3 Å². The molecule has 0 bridgehead atoms. The Morgan fingerprint density at radius 2 is 1.89 bits per heavy atom. The van der Waals surface area contributed by atoms with Gasteiger partial charge in [-0.25, -0.2) is 9.78 Å². The fourth-order valence-electron chi connectivity index (χ4n) is 4.65. The zero-order valence-corrected chi connectivity index (χ0v) is 21.9. The molecule has 9 nitrogen and oxygen atoms in total. The van der Waals surface area contributed by atoms with Crippen LogP contribution in [-0.2, 0) is 20.0 Å². The second-order valence-electron chi connectivity index (χ2n) is 10.1. The van der Waals surface area contributed by atoms with Gasteiger partial charge >= 0.3 is 12.3 Å². The summed E-state index contributed by atoms with van der Waals surface area (Å²) in [7, 11) is 0. The third-order valence-corrected chi connectivity index (χ3v) is 7.00. The number of fused-ring (bicyclic) bond motifs is 3. The van der Waals surface area contributed by atoms with Gasteiger partial charge in [0.15, 0.2) is 0 Å². The third-order valence-electron chi connectivity index (χ3n) is 6.28. The molecule has 2 atom stereocenters. The molecule has 2 aliphatic heterocycles. The number of carbonyl (C=O) groups is 3. The predicted octanol–water partition coefficient (Wildman–Crippen LogP) is 5.20. The van der Waals surface area contributed by atoms with E-state index in [4.69, 9.17) is 27.9 Å². The van der Waals surface area contributed by atoms with Gasteiger partial charge in [-0.1, -0.05) is 23.2 Å². The van der Waals surface area contributed by atoms with Crippen molar-refractivity contribution < 1.29 is 32.3 Å². The monoisotopic (exact) mass is 563 g/mol. The fourth-order valence-corrected chi connectivity index (χ4v) is 4.97. The summed E-state index contributed by atoms with van der Waals surface area (Å²) in [6, 6.07) is 2.04. The number of ether oxygens (including phenoxy) is 1. The molecule has 0 aliphatic carbocycles. The number of piperidine rings is 1. The molecule has 3 heterocycles. The second kappa shape index (κ2) is 9.54. The molecule has 2 N–H and O–H groups in total. The highest BCUT2D eigenvalue weighted by Crippen LogP contribution is 2.45. The molecule has 0 spiro atoms. The van der Waals surface area contributed by atoms with Crippen LogP contribution in [0.15, 0.2) is 12.1 Å². The van der Waals surface area contributed by atoms with Crippen LogP contribution in [-0.4, -0.2) is 56.7 Å². The van der Waals surface area contributed by atoms with Crippen molar-refractivity contribution in [2.24, 2.45) is 0 Å². The SMILES string of the molecule is CC(C)(C)OC(=O)N1CCCCC1CCC(=O)NC1(C(F)(F)F)C(=O)Nc2nc3cc(Cl)c(Cl)cc3n21. The molecule has 1 fully saturated rings. The number of amides is 3. The van der Waals surface area contributed by atoms with E-state index in [9.17, 15) is 27.6 Å². The summed E-state index contributed by atoms with van der Waals surface area (Å²) >= 11 is 12.0. The minimum absolute atomic E-state index is 0.0434. The topological polar surface area (TPSA) is 106 Å². The van der Waals surface area contributed by atoms with Crippen molar-refractivity contribution in [3.8, 4) is 0 Å². The molecule has 1 aromatic carbocycles. The highest BCUT2D eigenvalue weighted by Gasteiger charge is 2.67. The first-order valence-corrected chi connectivity index (χ1v) is 12.5. The normalized spacial score (nSPS) is 22.1. The molecule has 2 aromatic rings. The second-order valence-corrected chi connectivity index (χ2v) is 10.9. The third kappa shape index (κ3) is 5.05. The van der Waals surface area contributed by atoms with Crippen LogP contribution < -0.4 is 10.6 Å². The summed E-state index contributed by atoms with van der Waals surface area (Å²) in [5, 5.41) is 4.04. The summed E-state index contributed by atoms with van der Waals surface area (Å²) in [5.41, 5.74) is -4.24. The number of imidazole rings is 1. The number of hydrogen-bond donors (Lipinski definition) is 2. The van der Waals surface area contributed by atoms with Crippen LogP contribution in [0.1, 0.15) is 52.9 Å². The van der Waals surface area contributed by atoms with E-state index >= 15 is 0 Å². The minimum Gasteiger partial charge on any atom is -0.444 e. The van der Waals surface area contributed by atoms with Gasteiger partial charge in [0.1, 0.15) is 5.60 Å². The van der Waals surface area contributed by atoms with Gasteiger partial charge < -0.3 is 15.0 Å². The van der Waals surface area contributed by atoms with E-state index in [2.05, 4.69) is 10.3 Å². The largest absolute Gasteiger partial charge is 0.444 e. The van der Waals surface area contributed by atoms with E-state index in [-0.39, 0.29) is 40.0 Å². The molecule has 1 aromatic heterocycles. The highest BCUT2D eigenvalue weighted by molar-refractivity contribution is 6.42. The van der Waals surface area contributed by atoms with Crippen LogP contribution in [0, 0.1) is 0 Å². The molecule has 4 rings (SSSR count). The first-order valence-electron chi connectivity index (χ1n) is 11.7. The van der Waals surface area contributed by atoms with Gasteiger partial charge in [-0.15, -0.1) is 0 Å². The number of halogens is 5. The van der Waals surface area contributed by atoms with Crippen LogP contribution in [0.3, 0.4) is 0 Å². The predicted molar refractivity (Wildman–Crippen MR) is 130 cm³/mol. The maximum absolute atomic E-state index is 14.6. The molecule has 14 heteroatoms. The summed E-state index contributed by atoms with van der Waals surface area (Å²) in [6.45, 7) is 5.62. The number of hydrogen-bond acceptors (Lipinski definition) is 5. The van der Waals surface area contributed by atoms with Crippen molar-refractivity contribution >= 4 is 58.1 Å². The van der Waals surface area contributed by atoms with Crippen molar-refractivity contribution in [2.75, 3.05) is 11.9 Å². The van der Waals surface area contributed by atoms with Gasteiger partial charge in [-0.2, -0.15) is 13.2 Å². The van der Waals surface area contributed by atoms with Crippen molar-refractivity contribution in [1.29, 1.82) is 0 Å². The van der Waals surface area contributed by atoms with Gasteiger partial charge in [0.05, 0.1) is 21.1 Å². The Morgan fingerprint density at radius 3 is 2.54 bits per heavy atom. The van der Waals surface area contributed by atoms with E-state index in [1.54, 1.807) is 20.8 Å². The first kappa shape index (κ1) is 27.3. The average molecular weight is 564 g/mol. The van der Waals surface area contributed by atoms with Crippen LogP contribution in [0.5, 0.6) is 0 Å². The molecule has 0 saturated carbocycles. The maximum Gasteiger partial charge on any atom is 0.440 e. The molecule has 1 saturated heterocycles.